The number of urea groups is 1. The Morgan fingerprint density at radius 2 is 1.62 bits per heavy atom. The van der Waals surface area contributed by atoms with E-state index in [0.29, 0.717) is 17.9 Å². The van der Waals surface area contributed by atoms with Crippen LogP contribution < -0.4 is 20.7 Å². The number of benzene rings is 3. The first-order valence-corrected chi connectivity index (χ1v) is 9.53. The second-order valence-corrected chi connectivity index (χ2v) is 6.75. The third kappa shape index (κ3) is 5.04. The number of fused-ring (bicyclic) bond motifs is 1. The zero-order valence-electron chi connectivity index (χ0n) is 16.8. The molecule has 0 aliphatic heterocycles. The Kier molecular flexibility index (Phi) is 6.34. The molecule has 3 amide bonds. The molecule has 0 fully saturated rings. The third-order valence-electron chi connectivity index (χ3n) is 4.69. The van der Waals surface area contributed by atoms with Gasteiger partial charge < -0.3 is 20.7 Å². The highest BCUT2D eigenvalue weighted by molar-refractivity contribution is 5.97. The highest BCUT2D eigenvalue weighted by atomic mass is 16.5. The second kappa shape index (κ2) is 9.10. The highest BCUT2D eigenvalue weighted by Crippen LogP contribution is 2.26. The number of carbonyl (C=O) groups is 2. The summed E-state index contributed by atoms with van der Waals surface area (Å²) < 4.78 is 5.26. The summed E-state index contributed by atoms with van der Waals surface area (Å²) in [5.74, 6) is 0.353. The third-order valence-corrected chi connectivity index (χ3v) is 4.69. The van der Waals surface area contributed by atoms with Crippen molar-refractivity contribution in [2.24, 2.45) is 0 Å². The van der Waals surface area contributed by atoms with Gasteiger partial charge in [-0.15, -0.1) is 0 Å². The van der Waals surface area contributed by atoms with Crippen LogP contribution in [-0.4, -0.2) is 25.6 Å². The molecule has 3 aromatic rings. The predicted molar refractivity (Wildman–Crippen MR) is 117 cm³/mol. The van der Waals surface area contributed by atoms with E-state index in [2.05, 4.69) is 16.0 Å². The summed E-state index contributed by atoms with van der Waals surface area (Å²) >= 11 is 0. The van der Waals surface area contributed by atoms with Crippen LogP contribution in [0.1, 0.15) is 25.3 Å². The summed E-state index contributed by atoms with van der Waals surface area (Å²) in [6.45, 7) is 4.26. The molecule has 0 bridgehead atoms. The normalized spacial score (nSPS) is 11.6. The predicted octanol–water partition coefficient (Wildman–Crippen LogP) is 4.73. The minimum Gasteiger partial charge on any atom is -0.497 e. The molecule has 0 saturated carbocycles. The molecule has 6 heteroatoms. The fourth-order valence-corrected chi connectivity index (χ4v) is 3.05. The Morgan fingerprint density at radius 3 is 2.34 bits per heavy atom. The van der Waals surface area contributed by atoms with Crippen molar-refractivity contribution in [3.8, 4) is 5.75 Å². The molecule has 0 aromatic heterocycles. The van der Waals surface area contributed by atoms with E-state index in [1.807, 2.05) is 50.2 Å². The molecule has 0 aliphatic carbocycles. The summed E-state index contributed by atoms with van der Waals surface area (Å²) in [6.07, 6.45) is 0. The van der Waals surface area contributed by atoms with Crippen LogP contribution in [0.5, 0.6) is 5.75 Å². The first kappa shape index (κ1) is 20.2. The quantitative estimate of drug-likeness (QED) is 0.568. The van der Waals surface area contributed by atoms with Gasteiger partial charge in [-0.2, -0.15) is 0 Å². The average molecular weight is 391 g/mol. The lowest BCUT2D eigenvalue weighted by molar-refractivity contribution is -0.117. The van der Waals surface area contributed by atoms with E-state index in [1.54, 1.807) is 31.4 Å². The highest BCUT2D eigenvalue weighted by Gasteiger charge is 2.16. The summed E-state index contributed by atoms with van der Waals surface area (Å²) in [5.41, 5.74) is 2.17. The SMILES string of the molecule is CCNC(=O)Nc1cccc(NC(=O)[C@@H](C)c2ccc3cc(OC)ccc3c2)c1. The summed E-state index contributed by atoms with van der Waals surface area (Å²) in [6, 6.07) is 18.6. The molecule has 6 nitrogen and oxygen atoms in total. The van der Waals surface area contributed by atoms with Gasteiger partial charge >= 0.3 is 6.03 Å². The maximum absolute atomic E-state index is 12.8. The molecule has 0 unspecified atom stereocenters. The Morgan fingerprint density at radius 1 is 0.931 bits per heavy atom. The van der Waals surface area contributed by atoms with Gasteiger partial charge in [0.05, 0.1) is 13.0 Å². The number of carbonyl (C=O) groups excluding carboxylic acids is 2. The fraction of sp³-hybridized carbons (Fsp3) is 0.217. The lowest BCUT2D eigenvalue weighted by atomic mass is 9.97. The number of anilines is 2. The van der Waals surface area contributed by atoms with Crippen LogP contribution >= 0.6 is 0 Å². The molecule has 0 spiro atoms. The van der Waals surface area contributed by atoms with Crippen molar-refractivity contribution in [3.05, 3.63) is 66.2 Å². The molecule has 3 rings (SSSR count). The molecule has 1 atom stereocenters. The minimum atomic E-state index is -0.332. The van der Waals surface area contributed by atoms with E-state index in [-0.39, 0.29) is 17.9 Å². The van der Waals surface area contributed by atoms with E-state index >= 15 is 0 Å². The van der Waals surface area contributed by atoms with Crippen molar-refractivity contribution in [2.75, 3.05) is 24.3 Å². The van der Waals surface area contributed by atoms with Crippen molar-refractivity contribution in [1.29, 1.82) is 0 Å². The Labute approximate surface area is 170 Å². The van der Waals surface area contributed by atoms with Gasteiger partial charge in [0.2, 0.25) is 5.91 Å². The molecule has 0 radical (unpaired) electrons. The molecular weight excluding hydrogens is 366 g/mol. The van der Waals surface area contributed by atoms with Gasteiger partial charge in [-0.1, -0.05) is 30.3 Å². The number of nitrogens with one attached hydrogen (secondary N) is 3. The average Bonchev–Trinajstić information content (AvgIpc) is 2.72. The van der Waals surface area contributed by atoms with E-state index in [0.717, 1.165) is 22.1 Å². The van der Waals surface area contributed by atoms with Crippen LogP contribution in [-0.2, 0) is 4.79 Å². The summed E-state index contributed by atoms with van der Waals surface area (Å²) in [5, 5.41) is 10.4. The molecular formula is C23H25N3O3. The van der Waals surface area contributed by atoms with Crippen molar-refractivity contribution >= 4 is 34.1 Å². The largest absolute Gasteiger partial charge is 0.497 e. The topological polar surface area (TPSA) is 79.5 Å². The van der Waals surface area contributed by atoms with Gasteiger partial charge in [-0.3, -0.25) is 4.79 Å². The van der Waals surface area contributed by atoms with Gasteiger partial charge in [0.25, 0.3) is 0 Å². The van der Waals surface area contributed by atoms with Gasteiger partial charge in [0.1, 0.15) is 5.75 Å². The molecule has 150 valence electrons. The Bertz CT molecular complexity index is 1030. The standard InChI is InChI=1S/C23H25N3O3/c1-4-24-23(28)26-20-7-5-6-19(14-20)25-22(27)15(2)16-8-9-18-13-21(29-3)11-10-17(18)12-16/h5-15H,4H2,1-3H3,(H,25,27)(H2,24,26,28)/t15-/m0/s1. The first-order valence-electron chi connectivity index (χ1n) is 9.53. The number of ether oxygens (including phenoxy) is 1. The monoisotopic (exact) mass is 391 g/mol. The molecule has 3 aromatic carbocycles. The number of hydrogen-bond donors (Lipinski definition) is 3. The lowest BCUT2D eigenvalue weighted by Crippen LogP contribution is -2.28. The summed E-state index contributed by atoms with van der Waals surface area (Å²) in [7, 11) is 1.64. The Hall–Kier alpha value is -3.54. The lowest BCUT2D eigenvalue weighted by Gasteiger charge is -2.14. The summed E-state index contributed by atoms with van der Waals surface area (Å²) in [4.78, 5) is 24.4. The van der Waals surface area contributed by atoms with Gasteiger partial charge in [-0.05, 0) is 60.5 Å². The zero-order valence-corrected chi connectivity index (χ0v) is 16.8. The van der Waals surface area contributed by atoms with Crippen LogP contribution in [0.4, 0.5) is 16.2 Å². The van der Waals surface area contributed by atoms with E-state index in [4.69, 9.17) is 4.74 Å². The second-order valence-electron chi connectivity index (χ2n) is 6.75. The van der Waals surface area contributed by atoms with E-state index in [1.165, 1.54) is 0 Å². The first-order chi connectivity index (χ1) is 14.0. The van der Waals surface area contributed by atoms with Crippen molar-refractivity contribution in [3.63, 3.8) is 0 Å². The molecule has 0 heterocycles. The maximum atomic E-state index is 12.8. The number of hydrogen-bond acceptors (Lipinski definition) is 3. The smallest absolute Gasteiger partial charge is 0.319 e. The van der Waals surface area contributed by atoms with Crippen LogP contribution in [0.3, 0.4) is 0 Å². The number of methoxy groups -OCH3 is 1. The van der Waals surface area contributed by atoms with Gasteiger partial charge in [0, 0.05) is 17.9 Å². The minimum absolute atomic E-state index is 0.118. The van der Waals surface area contributed by atoms with Crippen LogP contribution in [0.2, 0.25) is 0 Å². The number of amides is 3. The van der Waals surface area contributed by atoms with Crippen molar-refractivity contribution in [1.82, 2.24) is 5.32 Å². The van der Waals surface area contributed by atoms with E-state index < -0.39 is 0 Å². The van der Waals surface area contributed by atoms with Gasteiger partial charge in [0.15, 0.2) is 0 Å². The molecule has 0 aliphatic rings. The van der Waals surface area contributed by atoms with Crippen molar-refractivity contribution < 1.29 is 14.3 Å². The zero-order chi connectivity index (χ0) is 20.8. The van der Waals surface area contributed by atoms with E-state index in [9.17, 15) is 9.59 Å². The molecule has 3 N–H and O–H groups in total. The Balaban J connectivity index is 1.72. The number of rotatable bonds is 6. The molecule has 0 saturated heterocycles. The van der Waals surface area contributed by atoms with Crippen LogP contribution in [0.25, 0.3) is 10.8 Å². The van der Waals surface area contributed by atoms with Crippen LogP contribution in [0.15, 0.2) is 60.7 Å². The van der Waals surface area contributed by atoms with Crippen LogP contribution in [0, 0.1) is 0 Å². The van der Waals surface area contributed by atoms with Crippen molar-refractivity contribution in [2.45, 2.75) is 19.8 Å². The maximum Gasteiger partial charge on any atom is 0.319 e. The van der Waals surface area contributed by atoms with Gasteiger partial charge in [-0.25, -0.2) is 4.79 Å². The fourth-order valence-electron chi connectivity index (χ4n) is 3.05. The molecule has 29 heavy (non-hydrogen) atoms.